The average molecular weight is 402 g/mol. The highest BCUT2D eigenvalue weighted by atomic mass is 16.3. The fourth-order valence-electron chi connectivity index (χ4n) is 4.74. The first-order valence-electron chi connectivity index (χ1n) is 10.8. The minimum atomic E-state index is 0.496. The van der Waals surface area contributed by atoms with E-state index in [0.717, 1.165) is 33.2 Å². The van der Waals surface area contributed by atoms with Crippen LogP contribution in [0.25, 0.3) is 54.7 Å². The molecule has 6 rings (SSSR count). The summed E-state index contributed by atoms with van der Waals surface area (Å²) in [7, 11) is 0. The lowest BCUT2D eigenvalue weighted by molar-refractivity contribution is 0.670. The Morgan fingerprint density at radius 2 is 1.65 bits per heavy atom. The van der Waals surface area contributed by atoms with Crippen LogP contribution in [0.1, 0.15) is 30.9 Å². The lowest BCUT2D eigenvalue weighted by Gasteiger charge is -2.11. The van der Waals surface area contributed by atoms with Gasteiger partial charge < -0.3 is 4.42 Å². The molecule has 0 atom stereocenters. The number of furan rings is 1. The topological polar surface area (TPSA) is 26.0 Å². The Balaban J connectivity index is 1.72. The van der Waals surface area contributed by atoms with Crippen molar-refractivity contribution in [1.29, 1.82) is 0 Å². The summed E-state index contributed by atoms with van der Waals surface area (Å²) in [5.41, 5.74) is 6.40. The molecule has 0 bridgehead atoms. The smallest absolute Gasteiger partial charge is 0.144 e. The summed E-state index contributed by atoms with van der Waals surface area (Å²) in [6, 6.07) is 26.0. The Morgan fingerprint density at radius 3 is 2.52 bits per heavy atom. The van der Waals surface area contributed by atoms with E-state index in [4.69, 9.17) is 9.40 Å². The second kappa shape index (κ2) is 6.68. The summed E-state index contributed by atoms with van der Waals surface area (Å²) in [4.78, 5) is 4.82. The summed E-state index contributed by atoms with van der Waals surface area (Å²) in [5.74, 6) is 0.496. The van der Waals surface area contributed by atoms with Gasteiger partial charge in [0, 0.05) is 27.9 Å². The molecule has 0 spiro atoms. The van der Waals surface area contributed by atoms with E-state index in [2.05, 4.69) is 93.6 Å². The van der Waals surface area contributed by atoms with Crippen LogP contribution in [0.2, 0.25) is 0 Å². The number of aromatic nitrogens is 1. The van der Waals surface area contributed by atoms with E-state index in [1.54, 1.807) is 0 Å². The first kappa shape index (κ1) is 18.1. The lowest BCUT2D eigenvalue weighted by atomic mass is 9.95. The van der Waals surface area contributed by atoms with E-state index in [1.165, 1.54) is 32.7 Å². The number of pyridine rings is 1. The van der Waals surface area contributed by atoms with Crippen LogP contribution in [-0.4, -0.2) is 4.98 Å². The third-order valence-corrected chi connectivity index (χ3v) is 6.32. The van der Waals surface area contributed by atoms with Crippen molar-refractivity contribution in [1.82, 2.24) is 4.98 Å². The molecule has 0 aliphatic rings. The number of benzene rings is 4. The van der Waals surface area contributed by atoms with Crippen molar-refractivity contribution >= 4 is 43.5 Å². The predicted octanol–water partition coefficient (Wildman–Crippen LogP) is 8.39. The monoisotopic (exact) mass is 401 g/mol. The number of hydrogen-bond acceptors (Lipinski definition) is 2. The number of hydrogen-bond donors (Lipinski definition) is 0. The van der Waals surface area contributed by atoms with Crippen molar-refractivity contribution in [3.63, 3.8) is 0 Å². The first-order valence-corrected chi connectivity index (χ1v) is 10.8. The molecule has 150 valence electrons. The molecule has 31 heavy (non-hydrogen) atoms. The molecule has 0 saturated carbocycles. The van der Waals surface area contributed by atoms with E-state index in [9.17, 15) is 0 Å². The maximum atomic E-state index is 6.47. The van der Waals surface area contributed by atoms with Gasteiger partial charge in [0.15, 0.2) is 0 Å². The number of rotatable bonds is 2. The largest absolute Gasteiger partial charge is 0.455 e. The molecule has 4 aromatic carbocycles. The van der Waals surface area contributed by atoms with Crippen LogP contribution in [0.15, 0.2) is 83.4 Å². The molecule has 0 saturated heterocycles. The Bertz CT molecular complexity index is 1620. The van der Waals surface area contributed by atoms with E-state index < -0.39 is 0 Å². The van der Waals surface area contributed by atoms with Gasteiger partial charge >= 0.3 is 0 Å². The molecule has 2 heteroatoms. The quantitative estimate of drug-likeness (QED) is 0.291. The first-order chi connectivity index (χ1) is 15.1. The van der Waals surface area contributed by atoms with Crippen molar-refractivity contribution in [3.8, 4) is 11.3 Å². The van der Waals surface area contributed by atoms with Crippen molar-refractivity contribution in [2.24, 2.45) is 0 Å². The van der Waals surface area contributed by atoms with Crippen LogP contribution in [0, 0.1) is 6.92 Å². The predicted molar refractivity (Wildman–Crippen MR) is 131 cm³/mol. The Morgan fingerprint density at radius 1 is 0.774 bits per heavy atom. The number of aryl methyl sites for hydroxylation is 1. The molecular weight excluding hydrogens is 378 g/mol. The summed E-state index contributed by atoms with van der Waals surface area (Å²) in [5, 5.41) is 7.16. The summed E-state index contributed by atoms with van der Waals surface area (Å²) in [6.45, 7) is 6.60. The third kappa shape index (κ3) is 2.75. The van der Waals surface area contributed by atoms with Crippen LogP contribution in [0.3, 0.4) is 0 Å². The van der Waals surface area contributed by atoms with E-state index in [1.807, 2.05) is 6.20 Å². The van der Waals surface area contributed by atoms with Gasteiger partial charge in [-0.2, -0.15) is 0 Å². The zero-order valence-corrected chi connectivity index (χ0v) is 17.9. The molecule has 2 nitrogen and oxygen atoms in total. The van der Waals surface area contributed by atoms with Crippen LogP contribution in [-0.2, 0) is 0 Å². The second-order valence-corrected chi connectivity index (χ2v) is 8.75. The number of nitrogens with zero attached hydrogens (tertiary/aromatic N) is 1. The van der Waals surface area contributed by atoms with Crippen LogP contribution < -0.4 is 0 Å². The maximum absolute atomic E-state index is 6.47. The van der Waals surface area contributed by atoms with Crippen LogP contribution >= 0.6 is 0 Å². The van der Waals surface area contributed by atoms with E-state index in [0.29, 0.717) is 5.92 Å². The number of fused-ring (bicyclic) bond motifs is 6. The minimum absolute atomic E-state index is 0.496. The van der Waals surface area contributed by atoms with Crippen LogP contribution in [0.5, 0.6) is 0 Å². The molecule has 0 aliphatic heterocycles. The molecule has 2 heterocycles. The van der Waals surface area contributed by atoms with Gasteiger partial charge in [0.05, 0.1) is 5.69 Å². The molecular formula is C29H23NO. The molecule has 2 aromatic heterocycles. The maximum Gasteiger partial charge on any atom is 0.144 e. The third-order valence-electron chi connectivity index (χ3n) is 6.32. The Kier molecular flexibility index (Phi) is 3.91. The highest BCUT2D eigenvalue weighted by Gasteiger charge is 2.17. The molecule has 0 fully saturated rings. The van der Waals surface area contributed by atoms with Gasteiger partial charge in [0.1, 0.15) is 11.2 Å². The van der Waals surface area contributed by atoms with Crippen molar-refractivity contribution < 1.29 is 4.42 Å². The van der Waals surface area contributed by atoms with Crippen LogP contribution in [0.4, 0.5) is 0 Å². The summed E-state index contributed by atoms with van der Waals surface area (Å²) in [6.07, 6.45) is 1.91. The van der Waals surface area contributed by atoms with Crippen molar-refractivity contribution in [2.45, 2.75) is 26.7 Å². The van der Waals surface area contributed by atoms with Crippen molar-refractivity contribution in [3.05, 3.63) is 90.1 Å². The SMILES string of the molecule is Cc1cc(-c2nccc3cc(C(C)C)ccc23)c2oc3ccc4ccccc4c3c2c1. The van der Waals surface area contributed by atoms with Gasteiger partial charge in [0.25, 0.3) is 0 Å². The van der Waals surface area contributed by atoms with Gasteiger partial charge in [-0.15, -0.1) is 0 Å². The van der Waals surface area contributed by atoms with Gasteiger partial charge in [-0.25, -0.2) is 0 Å². The lowest BCUT2D eigenvalue weighted by Crippen LogP contribution is -1.91. The zero-order chi connectivity index (χ0) is 21.1. The van der Waals surface area contributed by atoms with Gasteiger partial charge in [-0.3, -0.25) is 4.98 Å². The molecule has 0 aliphatic carbocycles. The summed E-state index contributed by atoms with van der Waals surface area (Å²) >= 11 is 0. The fourth-order valence-corrected chi connectivity index (χ4v) is 4.74. The minimum Gasteiger partial charge on any atom is -0.455 e. The molecule has 0 unspecified atom stereocenters. The molecule has 0 N–H and O–H groups in total. The molecule has 6 aromatic rings. The van der Waals surface area contributed by atoms with E-state index in [-0.39, 0.29) is 0 Å². The second-order valence-electron chi connectivity index (χ2n) is 8.75. The average Bonchev–Trinajstić information content (AvgIpc) is 3.16. The highest BCUT2D eigenvalue weighted by molar-refractivity contribution is 6.21. The Labute approximate surface area is 181 Å². The zero-order valence-electron chi connectivity index (χ0n) is 17.9. The molecule has 0 radical (unpaired) electrons. The normalized spacial score (nSPS) is 12.0. The van der Waals surface area contributed by atoms with Crippen molar-refractivity contribution in [2.75, 3.05) is 0 Å². The Hall–Kier alpha value is -3.65. The van der Waals surface area contributed by atoms with Gasteiger partial charge in [-0.05, 0) is 64.4 Å². The summed E-state index contributed by atoms with van der Waals surface area (Å²) < 4.78 is 6.47. The molecule has 0 amide bonds. The van der Waals surface area contributed by atoms with E-state index >= 15 is 0 Å². The standard InChI is InChI=1S/C29H23NO/c1-17(2)20-8-10-23-21(16-20)12-13-30-28(23)25-15-18(3)14-24-27-22-7-5-4-6-19(22)9-11-26(27)31-29(24)25/h4-17H,1-3H3. The van der Waals surface area contributed by atoms with Gasteiger partial charge in [-0.1, -0.05) is 62.4 Å². The highest BCUT2D eigenvalue weighted by Crippen LogP contribution is 2.41. The fraction of sp³-hybridized carbons (Fsp3) is 0.138. The van der Waals surface area contributed by atoms with Gasteiger partial charge in [0.2, 0.25) is 0 Å².